The van der Waals surface area contributed by atoms with Crippen molar-refractivity contribution in [2.75, 3.05) is 0 Å². The number of nitrogens with two attached hydrogens (primary N) is 1. The molecule has 1 atom stereocenters. The summed E-state index contributed by atoms with van der Waals surface area (Å²) in [5, 5.41) is 3.56. The maximum atomic E-state index is 10.9. The van der Waals surface area contributed by atoms with Gasteiger partial charge in [0, 0.05) is 18.3 Å². The number of primary amides is 1. The second kappa shape index (κ2) is 5.27. The summed E-state index contributed by atoms with van der Waals surface area (Å²) in [6, 6.07) is 4.91. The summed E-state index contributed by atoms with van der Waals surface area (Å²) in [7, 11) is 0. The van der Waals surface area contributed by atoms with Crippen molar-refractivity contribution < 1.29 is 4.79 Å². The van der Waals surface area contributed by atoms with Gasteiger partial charge in [-0.3, -0.25) is 9.78 Å². The third-order valence-electron chi connectivity index (χ3n) is 3.04. The third kappa shape index (κ3) is 3.82. The molecule has 4 heteroatoms. The summed E-state index contributed by atoms with van der Waals surface area (Å²) in [4.78, 5) is 14.9. The van der Waals surface area contributed by atoms with E-state index >= 15 is 0 Å². The Morgan fingerprint density at radius 1 is 1.59 bits per heavy atom. The summed E-state index contributed by atoms with van der Waals surface area (Å²) >= 11 is 0. The second-order valence-corrected chi connectivity index (χ2v) is 4.80. The molecule has 1 aliphatic rings. The normalized spacial score (nSPS) is 16.8. The molecule has 1 aromatic rings. The molecule has 1 fully saturated rings. The highest BCUT2D eigenvalue weighted by Gasteiger charge is 2.22. The Morgan fingerprint density at radius 2 is 2.35 bits per heavy atom. The zero-order chi connectivity index (χ0) is 12.3. The lowest BCUT2D eigenvalue weighted by Gasteiger charge is -2.12. The van der Waals surface area contributed by atoms with E-state index in [9.17, 15) is 4.79 Å². The molecule has 1 heterocycles. The van der Waals surface area contributed by atoms with Gasteiger partial charge in [-0.05, 0) is 44.2 Å². The maximum absolute atomic E-state index is 10.9. The molecule has 0 radical (unpaired) electrons. The fourth-order valence-corrected chi connectivity index (χ4v) is 1.84. The molecule has 0 bridgehead atoms. The number of aryl methyl sites for hydroxylation is 1. The molecule has 0 aromatic carbocycles. The number of hydrogen-bond donors (Lipinski definition) is 2. The molecule has 0 spiro atoms. The SMILES string of the molecule is C[C@H](CCc1ccc(C(N)=O)nc1)NC1CC1. The van der Waals surface area contributed by atoms with Crippen molar-refractivity contribution in [2.24, 2.45) is 5.73 Å². The van der Waals surface area contributed by atoms with Gasteiger partial charge < -0.3 is 11.1 Å². The third-order valence-corrected chi connectivity index (χ3v) is 3.04. The van der Waals surface area contributed by atoms with Crippen LogP contribution in [-0.2, 0) is 6.42 Å². The molecule has 1 saturated carbocycles. The van der Waals surface area contributed by atoms with Crippen LogP contribution in [0.1, 0.15) is 42.2 Å². The lowest BCUT2D eigenvalue weighted by molar-refractivity contribution is 0.0995. The van der Waals surface area contributed by atoms with Crippen LogP contribution in [0.5, 0.6) is 0 Å². The molecule has 1 aromatic heterocycles. The standard InChI is InChI=1S/C13H19N3O/c1-9(16-11-5-6-11)2-3-10-4-7-12(13(14)17)15-8-10/h4,7-9,11,16H,2-3,5-6H2,1H3,(H2,14,17)/t9-/m1/s1. The summed E-state index contributed by atoms with van der Waals surface area (Å²) < 4.78 is 0. The summed E-state index contributed by atoms with van der Waals surface area (Å²) in [5.41, 5.74) is 6.62. The molecule has 0 saturated heterocycles. The molecular weight excluding hydrogens is 214 g/mol. The van der Waals surface area contributed by atoms with E-state index in [1.165, 1.54) is 12.8 Å². The van der Waals surface area contributed by atoms with Crippen LogP contribution >= 0.6 is 0 Å². The highest BCUT2D eigenvalue weighted by Crippen LogP contribution is 2.20. The van der Waals surface area contributed by atoms with Gasteiger partial charge >= 0.3 is 0 Å². The van der Waals surface area contributed by atoms with E-state index in [1.54, 1.807) is 12.3 Å². The fourth-order valence-electron chi connectivity index (χ4n) is 1.84. The van der Waals surface area contributed by atoms with Gasteiger partial charge in [0.2, 0.25) is 0 Å². The van der Waals surface area contributed by atoms with E-state index in [0.717, 1.165) is 24.4 Å². The predicted molar refractivity (Wildman–Crippen MR) is 66.7 cm³/mol. The van der Waals surface area contributed by atoms with Crippen LogP contribution in [0.25, 0.3) is 0 Å². The van der Waals surface area contributed by atoms with Crippen LogP contribution in [0.15, 0.2) is 18.3 Å². The van der Waals surface area contributed by atoms with Crippen molar-refractivity contribution in [3.8, 4) is 0 Å². The number of carbonyl (C=O) groups excluding carboxylic acids is 1. The minimum Gasteiger partial charge on any atom is -0.364 e. The second-order valence-electron chi connectivity index (χ2n) is 4.80. The first-order chi connectivity index (χ1) is 8.15. The van der Waals surface area contributed by atoms with E-state index in [1.807, 2.05) is 6.07 Å². The van der Waals surface area contributed by atoms with Crippen LogP contribution in [0.2, 0.25) is 0 Å². The zero-order valence-electron chi connectivity index (χ0n) is 10.1. The van der Waals surface area contributed by atoms with Crippen LogP contribution in [0.3, 0.4) is 0 Å². The van der Waals surface area contributed by atoms with Gasteiger partial charge in [0.05, 0.1) is 0 Å². The topological polar surface area (TPSA) is 68.0 Å². The molecule has 2 rings (SSSR count). The Bertz CT molecular complexity index is 384. The average molecular weight is 233 g/mol. The minimum absolute atomic E-state index is 0.331. The molecule has 1 aliphatic carbocycles. The molecule has 0 aliphatic heterocycles. The largest absolute Gasteiger partial charge is 0.364 e. The van der Waals surface area contributed by atoms with Crippen molar-refractivity contribution in [2.45, 2.75) is 44.7 Å². The van der Waals surface area contributed by atoms with Crippen molar-refractivity contribution in [3.05, 3.63) is 29.6 Å². The number of nitrogens with one attached hydrogen (secondary N) is 1. The van der Waals surface area contributed by atoms with Crippen LogP contribution < -0.4 is 11.1 Å². The van der Waals surface area contributed by atoms with E-state index in [4.69, 9.17) is 5.73 Å². The van der Waals surface area contributed by atoms with Crippen LogP contribution in [0.4, 0.5) is 0 Å². The Balaban J connectivity index is 1.79. The van der Waals surface area contributed by atoms with Gasteiger partial charge in [-0.25, -0.2) is 0 Å². The van der Waals surface area contributed by atoms with Gasteiger partial charge in [0.1, 0.15) is 5.69 Å². The summed E-state index contributed by atoms with van der Waals surface area (Å²) in [6.07, 6.45) is 6.45. The molecule has 4 nitrogen and oxygen atoms in total. The lowest BCUT2D eigenvalue weighted by Crippen LogP contribution is -2.28. The zero-order valence-corrected chi connectivity index (χ0v) is 10.1. The predicted octanol–water partition coefficient (Wildman–Crippen LogP) is 1.25. The Hall–Kier alpha value is -1.42. The number of rotatable bonds is 6. The van der Waals surface area contributed by atoms with Crippen LogP contribution in [0, 0.1) is 0 Å². The minimum atomic E-state index is -0.472. The highest BCUT2D eigenvalue weighted by atomic mass is 16.1. The first-order valence-corrected chi connectivity index (χ1v) is 6.16. The van der Waals surface area contributed by atoms with Gasteiger partial charge in [-0.1, -0.05) is 6.07 Å². The first kappa shape index (κ1) is 12.0. The Morgan fingerprint density at radius 3 is 2.88 bits per heavy atom. The number of carbonyl (C=O) groups is 1. The lowest BCUT2D eigenvalue weighted by atomic mass is 10.1. The van der Waals surface area contributed by atoms with E-state index < -0.39 is 5.91 Å². The van der Waals surface area contributed by atoms with Crippen molar-refractivity contribution in [1.29, 1.82) is 0 Å². The number of hydrogen-bond acceptors (Lipinski definition) is 3. The van der Waals surface area contributed by atoms with E-state index in [-0.39, 0.29) is 0 Å². The van der Waals surface area contributed by atoms with Crippen molar-refractivity contribution in [1.82, 2.24) is 10.3 Å². The Labute approximate surface area is 102 Å². The summed E-state index contributed by atoms with van der Waals surface area (Å²) in [6.45, 7) is 2.21. The number of aromatic nitrogens is 1. The number of amides is 1. The smallest absolute Gasteiger partial charge is 0.267 e. The van der Waals surface area contributed by atoms with Gasteiger partial charge in [0.25, 0.3) is 5.91 Å². The summed E-state index contributed by atoms with van der Waals surface area (Å²) in [5.74, 6) is -0.472. The highest BCUT2D eigenvalue weighted by molar-refractivity contribution is 5.90. The molecule has 17 heavy (non-hydrogen) atoms. The molecule has 3 N–H and O–H groups in total. The molecular formula is C13H19N3O. The van der Waals surface area contributed by atoms with Crippen LogP contribution in [-0.4, -0.2) is 23.0 Å². The van der Waals surface area contributed by atoms with Gasteiger partial charge in [-0.2, -0.15) is 0 Å². The maximum Gasteiger partial charge on any atom is 0.267 e. The van der Waals surface area contributed by atoms with E-state index in [2.05, 4.69) is 17.2 Å². The van der Waals surface area contributed by atoms with Gasteiger partial charge in [-0.15, -0.1) is 0 Å². The first-order valence-electron chi connectivity index (χ1n) is 6.16. The van der Waals surface area contributed by atoms with E-state index in [0.29, 0.717) is 11.7 Å². The van der Waals surface area contributed by atoms with Crippen molar-refractivity contribution in [3.63, 3.8) is 0 Å². The monoisotopic (exact) mass is 233 g/mol. The molecule has 92 valence electrons. The quantitative estimate of drug-likeness (QED) is 0.777. The van der Waals surface area contributed by atoms with Crippen molar-refractivity contribution >= 4 is 5.91 Å². The molecule has 1 amide bonds. The van der Waals surface area contributed by atoms with Gasteiger partial charge in [0.15, 0.2) is 0 Å². The number of nitrogens with zero attached hydrogens (tertiary/aromatic N) is 1. The fraction of sp³-hybridized carbons (Fsp3) is 0.538. The Kier molecular flexibility index (Phi) is 3.74. The number of pyridine rings is 1. The average Bonchev–Trinajstić information content (AvgIpc) is 3.11. The molecule has 0 unspecified atom stereocenters.